The molecular weight excluding hydrogens is 644 g/mol. The number of hydrogen-bond acceptors (Lipinski definition) is 7. The highest BCUT2D eigenvalue weighted by molar-refractivity contribution is 6.03. The van der Waals surface area contributed by atoms with Crippen molar-refractivity contribution in [2.45, 2.75) is 91.0 Å². The molecule has 3 aromatic rings. The van der Waals surface area contributed by atoms with E-state index in [1.807, 2.05) is 40.0 Å². The number of ether oxygens (including phenoxy) is 3. The second-order valence-electron chi connectivity index (χ2n) is 15.5. The normalized spacial score (nSPS) is 21.5. The number of aryl methyl sites for hydroxylation is 1. The summed E-state index contributed by atoms with van der Waals surface area (Å²) in [4.78, 5) is 36.6. The molecule has 0 N–H and O–H groups in total. The molecule has 272 valence electrons. The second kappa shape index (κ2) is 14.6. The lowest BCUT2D eigenvalue weighted by molar-refractivity contribution is -0.0557. The van der Waals surface area contributed by atoms with Crippen LogP contribution >= 0.6 is 0 Å². The van der Waals surface area contributed by atoms with Gasteiger partial charge in [0.05, 0.1) is 44.1 Å². The molecule has 3 atom stereocenters. The van der Waals surface area contributed by atoms with Crippen LogP contribution in [0.15, 0.2) is 30.5 Å². The maximum atomic E-state index is 15.5. The van der Waals surface area contributed by atoms with Gasteiger partial charge in [0.1, 0.15) is 22.8 Å². The molecule has 2 amide bonds. The maximum absolute atomic E-state index is 15.5. The zero-order valence-corrected chi connectivity index (χ0v) is 30.4. The minimum atomic E-state index is -0.633. The van der Waals surface area contributed by atoms with Crippen molar-refractivity contribution in [1.82, 2.24) is 24.1 Å². The van der Waals surface area contributed by atoms with Crippen molar-refractivity contribution >= 4 is 17.5 Å². The fraction of sp³-hybridized carbons (Fsp3) is 0.605. The lowest BCUT2D eigenvalue weighted by Crippen LogP contribution is -2.55. The predicted octanol–water partition coefficient (Wildman–Crippen LogP) is 6.29. The Hall–Kier alpha value is -3.61. The molecule has 3 aliphatic rings. The number of piperidine rings is 1. The van der Waals surface area contributed by atoms with Gasteiger partial charge in [-0.1, -0.05) is 19.9 Å². The number of carbonyl (C=O) groups is 2. The van der Waals surface area contributed by atoms with Crippen LogP contribution in [0.1, 0.15) is 82.0 Å². The summed E-state index contributed by atoms with van der Waals surface area (Å²) in [5.41, 5.74) is 1.89. The molecule has 0 unspecified atom stereocenters. The average molecular weight is 696 g/mol. The van der Waals surface area contributed by atoms with Gasteiger partial charge in [-0.05, 0) is 82.7 Å². The summed E-state index contributed by atoms with van der Waals surface area (Å²) in [6, 6.07) is 6.09. The summed E-state index contributed by atoms with van der Waals surface area (Å²) in [6.45, 7) is 18.2. The standard InChI is InChI=1S/C38H51F2N5O5/c1-23(2)33(22-49-29-9-8-12-42(20-29)37(47)50-38(5,6)7)43-17-27(18-43)26-15-31(34-35(40)41-25(4)45(34)19-26)30-11-10-28(39)16-32(30)36(46)44-13-14-48-21-24(44)3/h10-11,15-16,19,23-24,27,29,33H,8-9,12-14,17-18,20-22H2,1-7H3/t24-,29+,33+/m1/s1. The Morgan fingerprint density at radius 1 is 1.08 bits per heavy atom. The fourth-order valence-electron chi connectivity index (χ4n) is 7.39. The first-order valence-electron chi connectivity index (χ1n) is 17.9. The molecule has 1 aromatic carbocycles. The molecule has 2 aromatic heterocycles. The van der Waals surface area contributed by atoms with E-state index in [0.29, 0.717) is 62.3 Å². The monoisotopic (exact) mass is 695 g/mol. The molecule has 0 radical (unpaired) electrons. The fourth-order valence-corrected chi connectivity index (χ4v) is 7.39. The molecule has 3 fully saturated rings. The van der Waals surface area contributed by atoms with E-state index in [0.717, 1.165) is 31.5 Å². The van der Waals surface area contributed by atoms with Gasteiger partial charge >= 0.3 is 6.09 Å². The van der Waals surface area contributed by atoms with Gasteiger partial charge in [0.15, 0.2) is 0 Å². The Labute approximate surface area is 293 Å². The number of likely N-dealkylation sites (tertiary alicyclic amines) is 2. The third-order valence-electron chi connectivity index (χ3n) is 10.2. The van der Waals surface area contributed by atoms with Gasteiger partial charge < -0.3 is 28.4 Å². The summed E-state index contributed by atoms with van der Waals surface area (Å²) in [7, 11) is 0. The Morgan fingerprint density at radius 3 is 2.54 bits per heavy atom. The van der Waals surface area contributed by atoms with E-state index in [1.165, 1.54) is 12.1 Å². The molecule has 0 bridgehead atoms. The van der Waals surface area contributed by atoms with Gasteiger partial charge in [0, 0.05) is 49.9 Å². The number of morpholine rings is 1. The average Bonchev–Trinajstić information content (AvgIpc) is 3.33. The summed E-state index contributed by atoms with van der Waals surface area (Å²) in [5, 5.41) is 0. The number of halogens is 2. The minimum absolute atomic E-state index is 0.0493. The molecule has 5 heterocycles. The van der Waals surface area contributed by atoms with Crippen LogP contribution in [-0.2, 0) is 14.2 Å². The van der Waals surface area contributed by atoms with E-state index < -0.39 is 17.4 Å². The Kier molecular flexibility index (Phi) is 10.5. The van der Waals surface area contributed by atoms with E-state index in [1.54, 1.807) is 27.2 Å². The van der Waals surface area contributed by atoms with Crippen molar-refractivity contribution in [3.8, 4) is 11.1 Å². The van der Waals surface area contributed by atoms with Crippen LogP contribution < -0.4 is 0 Å². The third kappa shape index (κ3) is 7.67. The summed E-state index contributed by atoms with van der Waals surface area (Å²) in [5.74, 6) is -0.489. The summed E-state index contributed by atoms with van der Waals surface area (Å²) < 4.78 is 49.5. The van der Waals surface area contributed by atoms with Gasteiger partial charge in [-0.2, -0.15) is 4.39 Å². The topological polar surface area (TPSA) is 88.9 Å². The van der Waals surface area contributed by atoms with E-state index in [-0.39, 0.29) is 47.2 Å². The smallest absolute Gasteiger partial charge is 0.410 e. The van der Waals surface area contributed by atoms with Crippen LogP contribution in [0, 0.1) is 24.6 Å². The molecule has 12 heteroatoms. The van der Waals surface area contributed by atoms with Crippen molar-refractivity contribution in [2.75, 3.05) is 52.5 Å². The number of hydrogen-bond donors (Lipinski definition) is 0. The van der Waals surface area contributed by atoms with E-state index >= 15 is 4.39 Å². The summed E-state index contributed by atoms with van der Waals surface area (Å²) >= 11 is 0. The van der Waals surface area contributed by atoms with Crippen LogP contribution in [0.5, 0.6) is 0 Å². The number of nitrogens with zero attached hydrogens (tertiary/aromatic N) is 5. The Balaban J connectivity index is 1.21. The van der Waals surface area contributed by atoms with Crippen molar-refractivity contribution < 1.29 is 32.6 Å². The number of imidazole rings is 1. The highest BCUT2D eigenvalue weighted by atomic mass is 19.1. The maximum Gasteiger partial charge on any atom is 0.410 e. The number of fused-ring (bicyclic) bond motifs is 1. The van der Waals surface area contributed by atoms with Crippen LogP contribution in [0.4, 0.5) is 13.6 Å². The van der Waals surface area contributed by atoms with E-state index in [9.17, 15) is 14.0 Å². The van der Waals surface area contributed by atoms with Gasteiger partial charge in [-0.15, -0.1) is 0 Å². The predicted molar refractivity (Wildman–Crippen MR) is 186 cm³/mol. The number of carbonyl (C=O) groups excluding carboxylic acids is 2. The first kappa shape index (κ1) is 36.2. The van der Waals surface area contributed by atoms with Crippen LogP contribution in [0.3, 0.4) is 0 Å². The van der Waals surface area contributed by atoms with Gasteiger partial charge in [-0.3, -0.25) is 9.69 Å². The van der Waals surface area contributed by atoms with Crippen LogP contribution in [0.25, 0.3) is 16.6 Å². The molecule has 50 heavy (non-hydrogen) atoms. The number of pyridine rings is 1. The van der Waals surface area contributed by atoms with Gasteiger partial charge in [0.25, 0.3) is 5.91 Å². The Bertz CT molecular complexity index is 1720. The first-order valence-corrected chi connectivity index (χ1v) is 17.9. The number of rotatable bonds is 8. The SMILES string of the molecule is Cc1nc(F)c2c(-c3ccc(F)cc3C(=O)N3CCOC[C@H]3C)cc(C3CN([C@@H](CO[C@H]4CCCN(C(=O)OC(C)(C)C)C4)C(C)C)C3)cn12. The number of aromatic nitrogens is 2. The van der Waals surface area contributed by atoms with Crippen molar-refractivity contribution in [1.29, 1.82) is 0 Å². The molecule has 0 aliphatic carbocycles. The van der Waals surface area contributed by atoms with Gasteiger partial charge in [0.2, 0.25) is 5.95 Å². The zero-order valence-electron chi connectivity index (χ0n) is 30.4. The Morgan fingerprint density at radius 2 is 1.84 bits per heavy atom. The first-order chi connectivity index (χ1) is 23.7. The lowest BCUT2D eigenvalue weighted by atomic mass is 9.86. The zero-order chi connectivity index (χ0) is 35.9. The van der Waals surface area contributed by atoms with Crippen molar-refractivity contribution in [2.24, 2.45) is 5.92 Å². The molecular formula is C38H51F2N5O5. The third-order valence-corrected chi connectivity index (χ3v) is 10.2. The minimum Gasteiger partial charge on any atom is -0.444 e. The van der Waals surface area contributed by atoms with Crippen LogP contribution in [0.2, 0.25) is 0 Å². The quantitative estimate of drug-likeness (QED) is 0.274. The number of amides is 2. The molecule has 0 spiro atoms. The molecule has 3 saturated heterocycles. The number of benzene rings is 1. The van der Waals surface area contributed by atoms with E-state index in [4.69, 9.17) is 14.2 Å². The second-order valence-corrected chi connectivity index (χ2v) is 15.5. The molecule has 10 nitrogen and oxygen atoms in total. The van der Waals surface area contributed by atoms with E-state index in [2.05, 4.69) is 23.7 Å². The highest BCUT2D eigenvalue weighted by Gasteiger charge is 2.37. The van der Waals surface area contributed by atoms with Crippen LogP contribution in [-0.4, -0.2) is 112 Å². The molecule has 3 aliphatic heterocycles. The molecule has 0 saturated carbocycles. The largest absolute Gasteiger partial charge is 0.444 e. The van der Waals surface area contributed by atoms with Gasteiger partial charge in [-0.25, -0.2) is 14.2 Å². The highest BCUT2D eigenvalue weighted by Crippen LogP contribution is 2.38. The lowest BCUT2D eigenvalue weighted by Gasteiger charge is -2.46. The summed E-state index contributed by atoms with van der Waals surface area (Å²) in [6.07, 6.45) is 3.36. The molecule has 6 rings (SSSR count). The van der Waals surface area contributed by atoms with Crippen molar-refractivity contribution in [3.05, 3.63) is 59.2 Å². The van der Waals surface area contributed by atoms with Crippen molar-refractivity contribution in [3.63, 3.8) is 0 Å².